The third-order valence-electron chi connectivity index (χ3n) is 3.17. The maximum absolute atomic E-state index is 5.73. The molecule has 1 heterocycles. The first-order valence-electron chi connectivity index (χ1n) is 4.78. The van der Waals surface area contributed by atoms with Gasteiger partial charge in [0.1, 0.15) is 0 Å². The summed E-state index contributed by atoms with van der Waals surface area (Å²) in [5.41, 5.74) is 0. The lowest BCUT2D eigenvalue weighted by Crippen LogP contribution is -2.23. The van der Waals surface area contributed by atoms with Crippen molar-refractivity contribution in [2.45, 2.75) is 40.2 Å². The summed E-state index contributed by atoms with van der Waals surface area (Å²) in [7, 11) is 0. The van der Waals surface area contributed by atoms with Gasteiger partial charge >= 0.3 is 0 Å². The van der Waals surface area contributed by atoms with Crippen molar-refractivity contribution >= 4 is 0 Å². The van der Waals surface area contributed by atoms with Crippen molar-refractivity contribution in [2.75, 3.05) is 6.61 Å². The van der Waals surface area contributed by atoms with Gasteiger partial charge in [0.25, 0.3) is 0 Å². The van der Waals surface area contributed by atoms with Crippen LogP contribution in [0.1, 0.15) is 34.1 Å². The summed E-state index contributed by atoms with van der Waals surface area (Å²) in [6.45, 7) is 10.1. The molecule has 0 spiro atoms. The summed E-state index contributed by atoms with van der Waals surface area (Å²) in [4.78, 5) is 0. The highest BCUT2D eigenvalue weighted by atomic mass is 16.5. The van der Waals surface area contributed by atoms with Crippen LogP contribution < -0.4 is 0 Å². The zero-order valence-electron chi connectivity index (χ0n) is 8.13. The van der Waals surface area contributed by atoms with Gasteiger partial charge in [-0.1, -0.05) is 34.1 Å². The molecule has 1 aliphatic heterocycles. The average molecular weight is 156 g/mol. The normalized spacial score (nSPS) is 40.9. The van der Waals surface area contributed by atoms with Crippen LogP contribution in [0.5, 0.6) is 0 Å². The van der Waals surface area contributed by atoms with Crippen LogP contribution in [0.15, 0.2) is 0 Å². The van der Waals surface area contributed by atoms with Crippen molar-refractivity contribution in [1.82, 2.24) is 0 Å². The molecule has 0 aliphatic carbocycles. The molecule has 11 heavy (non-hydrogen) atoms. The van der Waals surface area contributed by atoms with Crippen LogP contribution in [0.4, 0.5) is 0 Å². The molecule has 1 aliphatic rings. The molecule has 4 atom stereocenters. The molecule has 0 N–H and O–H groups in total. The molecule has 0 aromatic rings. The maximum Gasteiger partial charge on any atom is 0.0629 e. The zero-order chi connectivity index (χ0) is 8.43. The van der Waals surface area contributed by atoms with Crippen LogP contribution in [-0.2, 0) is 4.74 Å². The standard InChI is InChI=1S/C10H20O/c1-5-7(2)10-9(4)8(3)6-11-10/h7-10H,5-6H2,1-4H3/t7?,8-,9+,10-/m1/s1. The van der Waals surface area contributed by atoms with E-state index in [1.807, 2.05) is 0 Å². The molecule has 0 radical (unpaired) electrons. The van der Waals surface area contributed by atoms with Gasteiger partial charge in [-0.15, -0.1) is 0 Å². The minimum Gasteiger partial charge on any atom is -0.377 e. The Labute approximate surface area is 70.1 Å². The van der Waals surface area contributed by atoms with E-state index in [4.69, 9.17) is 4.74 Å². The molecule has 1 heteroatoms. The largest absolute Gasteiger partial charge is 0.377 e. The predicted octanol–water partition coefficient (Wildman–Crippen LogP) is 2.70. The van der Waals surface area contributed by atoms with Crippen LogP contribution in [0, 0.1) is 17.8 Å². The molecule has 1 unspecified atom stereocenters. The number of ether oxygens (including phenoxy) is 1. The molecular formula is C10H20O. The number of rotatable bonds is 2. The van der Waals surface area contributed by atoms with Crippen LogP contribution >= 0.6 is 0 Å². The SMILES string of the molecule is CCC(C)[C@H]1OC[C@@H](C)[C@@H]1C. The van der Waals surface area contributed by atoms with Gasteiger partial charge in [0.2, 0.25) is 0 Å². The lowest BCUT2D eigenvalue weighted by Gasteiger charge is -2.21. The molecular weight excluding hydrogens is 136 g/mol. The highest BCUT2D eigenvalue weighted by Crippen LogP contribution is 2.31. The Bertz CT molecular complexity index is 122. The molecule has 0 amide bonds. The van der Waals surface area contributed by atoms with Crippen molar-refractivity contribution in [3.63, 3.8) is 0 Å². The maximum atomic E-state index is 5.73. The van der Waals surface area contributed by atoms with Crippen molar-refractivity contribution in [3.05, 3.63) is 0 Å². The van der Waals surface area contributed by atoms with Gasteiger partial charge in [-0.25, -0.2) is 0 Å². The van der Waals surface area contributed by atoms with E-state index < -0.39 is 0 Å². The van der Waals surface area contributed by atoms with Crippen LogP contribution in [0.25, 0.3) is 0 Å². The predicted molar refractivity (Wildman–Crippen MR) is 47.5 cm³/mol. The van der Waals surface area contributed by atoms with E-state index in [-0.39, 0.29) is 0 Å². The fourth-order valence-corrected chi connectivity index (χ4v) is 1.81. The molecule has 1 rings (SSSR count). The molecule has 1 saturated heterocycles. The molecule has 1 fully saturated rings. The van der Waals surface area contributed by atoms with Crippen molar-refractivity contribution in [3.8, 4) is 0 Å². The van der Waals surface area contributed by atoms with Gasteiger partial charge in [-0.3, -0.25) is 0 Å². The van der Waals surface area contributed by atoms with E-state index in [2.05, 4.69) is 27.7 Å². The van der Waals surface area contributed by atoms with Gasteiger partial charge in [0.05, 0.1) is 6.10 Å². The zero-order valence-corrected chi connectivity index (χ0v) is 8.13. The summed E-state index contributed by atoms with van der Waals surface area (Å²) in [6, 6.07) is 0. The van der Waals surface area contributed by atoms with E-state index >= 15 is 0 Å². The third kappa shape index (κ3) is 1.76. The second-order valence-electron chi connectivity index (χ2n) is 4.02. The highest BCUT2D eigenvalue weighted by Gasteiger charge is 2.33. The minimum atomic E-state index is 0.523. The molecule has 66 valence electrons. The van der Waals surface area contributed by atoms with Crippen molar-refractivity contribution in [2.24, 2.45) is 17.8 Å². The lowest BCUT2D eigenvalue weighted by atomic mass is 9.87. The average Bonchev–Trinajstić information content (AvgIpc) is 2.32. The van der Waals surface area contributed by atoms with Crippen LogP contribution in [0.3, 0.4) is 0 Å². The fourth-order valence-electron chi connectivity index (χ4n) is 1.81. The van der Waals surface area contributed by atoms with Gasteiger partial charge in [-0.05, 0) is 17.8 Å². The molecule has 0 bridgehead atoms. The molecule has 1 nitrogen and oxygen atoms in total. The van der Waals surface area contributed by atoms with E-state index in [1.165, 1.54) is 6.42 Å². The Morgan fingerprint density at radius 1 is 1.45 bits per heavy atom. The lowest BCUT2D eigenvalue weighted by molar-refractivity contribution is 0.0499. The monoisotopic (exact) mass is 156 g/mol. The van der Waals surface area contributed by atoms with Crippen molar-refractivity contribution in [1.29, 1.82) is 0 Å². The first kappa shape index (κ1) is 9.05. The summed E-state index contributed by atoms with van der Waals surface area (Å²) in [5.74, 6) is 2.24. The Morgan fingerprint density at radius 2 is 2.09 bits per heavy atom. The smallest absolute Gasteiger partial charge is 0.0629 e. The van der Waals surface area contributed by atoms with E-state index in [1.54, 1.807) is 0 Å². The van der Waals surface area contributed by atoms with Crippen LogP contribution in [-0.4, -0.2) is 12.7 Å². The second kappa shape index (κ2) is 3.57. The first-order valence-corrected chi connectivity index (χ1v) is 4.78. The first-order chi connectivity index (χ1) is 5.16. The van der Waals surface area contributed by atoms with Crippen molar-refractivity contribution < 1.29 is 4.74 Å². The summed E-state index contributed by atoms with van der Waals surface area (Å²) >= 11 is 0. The summed E-state index contributed by atoms with van der Waals surface area (Å²) in [5, 5.41) is 0. The quantitative estimate of drug-likeness (QED) is 0.597. The summed E-state index contributed by atoms with van der Waals surface area (Å²) < 4.78 is 5.73. The Hall–Kier alpha value is -0.0400. The second-order valence-corrected chi connectivity index (χ2v) is 4.02. The highest BCUT2D eigenvalue weighted by molar-refractivity contribution is 4.81. The fraction of sp³-hybridized carbons (Fsp3) is 1.00. The Kier molecular flexibility index (Phi) is 2.94. The number of hydrogen-bond acceptors (Lipinski definition) is 1. The molecule has 0 aromatic carbocycles. The van der Waals surface area contributed by atoms with Gasteiger partial charge in [0.15, 0.2) is 0 Å². The van der Waals surface area contributed by atoms with Gasteiger partial charge in [-0.2, -0.15) is 0 Å². The van der Waals surface area contributed by atoms with E-state index in [0.717, 1.165) is 24.4 Å². The summed E-state index contributed by atoms with van der Waals surface area (Å²) in [6.07, 6.45) is 1.76. The van der Waals surface area contributed by atoms with Gasteiger partial charge < -0.3 is 4.74 Å². The molecule has 0 aromatic heterocycles. The third-order valence-corrected chi connectivity index (χ3v) is 3.17. The van der Waals surface area contributed by atoms with E-state index in [0.29, 0.717) is 6.10 Å². The molecule has 0 saturated carbocycles. The topological polar surface area (TPSA) is 9.23 Å². The number of hydrogen-bond donors (Lipinski definition) is 0. The minimum absolute atomic E-state index is 0.523. The van der Waals surface area contributed by atoms with Gasteiger partial charge in [0, 0.05) is 6.61 Å². The Balaban J connectivity index is 2.47. The van der Waals surface area contributed by atoms with Crippen LogP contribution in [0.2, 0.25) is 0 Å². The van der Waals surface area contributed by atoms with E-state index in [9.17, 15) is 0 Å². The Morgan fingerprint density at radius 3 is 2.45 bits per heavy atom.